The Balaban J connectivity index is 2.05. The number of hydrogen-bond donors (Lipinski definition) is 9. The highest BCUT2D eigenvalue weighted by molar-refractivity contribution is 7.47. The van der Waals surface area contributed by atoms with Crippen LogP contribution in [0.1, 0.15) is 6.92 Å². The normalized spacial score (nSPS) is 44.3. The topological polar surface area (TPSA) is 245 Å². The van der Waals surface area contributed by atoms with Crippen LogP contribution in [0.4, 0.5) is 0 Å². The van der Waals surface area contributed by atoms with Gasteiger partial charge in [-0.1, -0.05) is 0 Å². The molecule has 1 amide bonds. The van der Waals surface area contributed by atoms with E-state index in [9.17, 15) is 50.0 Å². The third-order valence-electron chi connectivity index (χ3n) is 4.58. The van der Waals surface area contributed by atoms with E-state index in [-0.39, 0.29) is 0 Å². The summed E-state index contributed by atoms with van der Waals surface area (Å²) in [6.45, 7) is -0.611. The van der Waals surface area contributed by atoms with Crippen molar-refractivity contribution in [2.24, 2.45) is 0 Å². The number of rotatable bonds is 7. The van der Waals surface area contributed by atoms with E-state index in [1.54, 1.807) is 0 Å². The van der Waals surface area contributed by atoms with Gasteiger partial charge in [-0.05, 0) is 0 Å². The molecule has 0 aromatic carbocycles. The second-order valence-electron chi connectivity index (χ2n) is 6.84. The van der Waals surface area contributed by atoms with Crippen molar-refractivity contribution in [1.29, 1.82) is 0 Å². The molecular weight excluding hydrogens is 437 g/mol. The first kappa shape index (κ1) is 25.5. The smallest absolute Gasteiger partial charge is 0.394 e. The van der Waals surface area contributed by atoms with Crippen LogP contribution < -0.4 is 5.32 Å². The van der Waals surface area contributed by atoms with Crippen molar-refractivity contribution in [2.75, 3.05) is 13.2 Å². The lowest BCUT2D eigenvalue weighted by Gasteiger charge is -2.42. The second kappa shape index (κ2) is 10.2. The summed E-state index contributed by atoms with van der Waals surface area (Å²) in [5.41, 5.74) is 0. The lowest BCUT2D eigenvalue weighted by molar-refractivity contribution is -0.286. The average Bonchev–Trinajstić information content (AvgIpc) is 2.67. The van der Waals surface area contributed by atoms with Crippen LogP contribution in [0.3, 0.4) is 0 Å². The number of hydrogen-bond acceptors (Lipinski definition) is 13. The van der Waals surface area contributed by atoms with Gasteiger partial charge in [0.15, 0.2) is 12.6 Å². The summed E-state index contributed by atoms with van der Waals surface area (Å²) in [7, 11) is -5.04. The fourth-order valence-corrected chi connectivity index (χ4v) is 3.80. The molecule has 15 nitrogen and oxygen atoms in total. The van der Waals surface area contributed by atoms with Crippen molar-refractivity contribution >= 4 is 13.7 Å². The summed E-state index contributed by atoms with van der Waals surface area (Å²) in [6.07, 6.45) is -15.5. The molecule has 2 aliphatic heterocycles. The third-order valence-corrected chi connectivity index (χ3v) is 5.53. The van der Waals surface area contributed by atoms with E-state index in [0.717, 1.165) is 6.92 Å². The molecule has 0 aromatic rings. The van der Waals surface area contributed by atoms with Gasteiger partial charge >= 0.3 is 7.82 Å². The Morgan fingerprint density at radius 2 is 1.57 bits per heavy atom. The largest absolute Gasteiger partial charge is 0.474 e. The summed E-state index contributed by atoms with van der Waals surface area (Å²) < 4.78 is 31.7. The van der Waals surface area contributed by atoms with Gasteiger partial charge in [0, 0.05) is 6.92 Å². The molecule has 2 saturated heterocycles. The molecule has 30 heavy (non-hydrogen) atoms. The van der Waals surface area contributed by atoms with Crippen LogP contribution in [-0.4, -0.2) is 121 Å². The summed E-state index contributed by atoms with van der Waals surface area (Å²) >= 11 is 0. The van der Waals surface area contributed by atoms with Gasteiger partial charge in [-0.2, -0.15) is 0 Å². The van der Waals surface area contributed by atoms with E-state index >= 15 is 0 Å². The minimum Gasteiger partial charge on any atom is -0.394 e. The first-order valence-electron chi connectivity index (χ1n) is 8.81. The van der Waals surface area contributed by atoms with Gasteiger partial charge < -0.3 is 55.4 Å². The maximum Gasteiger partial charge on any atom is 0.474 e. The Kier molecular flexibility index (Phi) is 8.68. The van der Waals surface area contributed by atoms with Crippen LogP contribution in [0, 0.1) is 0 Å². The van der Waals surface area contributed by atoms with E-state index in [1.807, 2.05) is 0 Å². The number of phosphoric acid groups is 1. The number of nitrogens with one attached hydrogen (secondary N) is 1. The third kappa shape index (κ3) is 5.92. The van der Waals surface area contributed by atoms with Gasteiger partial charge in [0.25, 0.3) is 0 Å². The highest BCUT2D eigenvalue weighted by Crippen LogP contribution is 2.47. The highest BCUT2D eigenvalue weighted by atomic mass is 31.2. The Morgan fingerprint density at radius 1 is 0.967 bits per heavy atom. The molecule has 11 atom stereocenters. The molecule has 0 radical (unpaired) electrons. The van der Waals surface area contributed by atoms with Crippen LogP contribution in [0.25, 0.3) is 0 Å². The van der Waals surface area contributed by atoms with Crippen LogP contribution in [0.2, 0.25) is 0 Å². The minimum atomic E-state index is -5.04. The number of ether oxygens (including phenoxy) is 2. The molecular formula is C14H26NO14P. The van der Waals surface area contributed by atoms with Gasteiger partial charge in [-0.15, -0.1) is 0 Å². The minimum absolute atomic E-state index is 0.695. The van der Waals surface area contributed by atoms with Crippen molar-refractivity contribution in [3.8, 4) is 0 Å². The zero-order valence-corrected chi connectivity index (χ0v) is 16.6. The van der Waals surface area contributed by atoms with Crippen molar-refractivity contribution in [1.82, 2.24) is 5.32 Å². The number of carbonyl (C=O) groups is 1. The molecule has 0 aliphatic carbocycles. The predicted octanol–water partition coefficient (Wildman–Crippen LogP) is -5.14. The zero-order chi connectivity index (χ0) is 22.8. The van der Waals surface area contributed by atoms with E-state index in [4.69, 9.17) is 14.0 Å². The summed E-state index contributed by atoms with van der Waals surface area (Å²) in [4.78, 5) is 21.3. The highest BCUT2D eigenvalue weighted by Gasteiger charge is 2.49. The van der Waals surface area contributed by atoms with Crippen LogP contribution in [-0.2, 0) is 27.9 Å². The SMILES string of the molecule is CC(=O)N[C@H]1C(OP(=O)(O)OC[C@H]2OC(O)[C@@H](O)[C@@H](O)[C@@H]2O)O[C@H](CO)[C@@H](O)[C@@H]1O. The first-order chi connectivity index (χ1) is 13.9. The molecule has 0 saturated carbocycles. The maximum atomic E-state index is 12.3. The molecule has 0 bridgehead atoms. The van der Waals surface area contributed by atoms with E-state index in [1.165, 1.54) is 0 Å². The molecule has 0 aromatic heterocycles. The van der Waals surface area contributed by atoms with Gasteiger partial charge in [-0.25, -0.2) is 4.57 Å². The predicted molar refractivity (Wildman–Crippen MR) is 91.1 cm³/mol. The average molecular weight is 463 g/mol. The quantitative estimate of drug-likeness (QED) is 0.160. The molecule has 9 N–H and O–H groups in total. The van der Waals surface area contributed by atoms with Crippen LogP contribution >= 0.6 is 7.82 Å². The number of aliphatic hydroxyl groups is 7. The fraction of sp³-hybridized carbons (Fsp3) is 0.929. The lowest BCUT2D eigenvalue weighted by atomic mass is 9.97. The molecule has 2 fully saturated rings. The summed E-state index contributed by atoms with van der Waals surface area (Å²) in [6, 6.07) is -1.51. The fourth-order valence-electron chi connectivity index (χ4n) is 2.96. The van der Waals surface area contributed by atoms with E-state index in [2.05, 4.69) is 9.84 Å². The second-order valence-corrected chi connectivity index (χ2v) is 8.25. The Hall–Kier alpha value is -0.780. The Morgan fingerprint density at radius 3 is 2.13 bits per heavy atom. The van der Waals surface area contributed by atoms with Crippen LogP contribution in [0.15, 0.2) is 0 Å². The van der Waals surface area contributed by atoms with E-state index in [0.29, 0.717) is 0 Å². The molecule has 2 rings (SSSR count). The van der Waals surface area contributed by atoms with Gasteiger partial charge in [0.1, 0.15) is 48.8 Å². The van der Waals surface area contributed by atoms with Crippen molar-refractivity contribution < 1.29 is 68.5 Å². The zero-order valence-electron chi connectivity index (χ0n) is 15.7. The number of carbonyl (C=O) groups excluding carboxylic acids is 1. The molecule has 2 aliphatic rings. The van der Waals surface area contributed by atoms with Crippen molar-refractivity contribution in [3.63, 3.8) is 0 Å². The van der Waals surface area contributed by atoms with Crippen molar-refractivity contribution in [2.45, 2.75) is 68.3 Å². The molecule has 16 heteroatoms. The Bertz CT molecular complexity index is 638. The summed E-state index contributed by atoms with van der Waals surface area (Å²) in [5, 5.41) is 69.7. The standard InChI is InChI=1S/C14H26NO14P/c1-4(17)15-7-10(20)8(18)5(2-16)28-14(7)29-30(24,25)26-3-6-9(19)11(21)12(22)13(23)27-6/h5-14,16,18-23H,2-3H2,1H3,(H,15,17)(H,24,25)/t5-,6-,7-,8-,9-,10-,11+,12+,13?,14?/m1/s1. The number of aliphatic hydroxyl groups excluding tert-OH is 7. The molecule has 3 unspecified atom stereocenters. The van der Waals surface area contributed by atoms with Gasteiger partial charge in [0.2, 0.25) is 5.91 Å². The monoisotopic (exact) mass is 463 g/mol. The van der Waals surface area contributed by atoms with Crippen LogP contribution in [0.5, 0.6) is 0 Å². The summed E-state index contributed by atoms with van der Waals surface area (Å²) in [5.74, 6) is -0.695. The number of amides is 1. The molecule has 176 valence electrons. The van der Waals surface area contributed by atoms with Crippen molar-refractivity contribution in [3.05, 3.63) is 0 Å². The van der Waals surface area contributed by atoms with Gasteiger partial charge in [-0.3, -0.25) is 13.8 Å². The van der Waals surface area contributed by atoms with Gasteiger partial charge in [0.05, 0.1) is 13.2 Å². The number of phosphoric ester groups is 1. The first-order valence-corrected chi connectivity index (χ1v) is 10.3. The van der Waals surface area contributed by atoms with E-state index < -0.39 is 88.3 Å². The molecule has 0 spiro atoms. The Labute approximate surface area is 170 Å². The lowest BCUT2D eigenvalue weighted by Crippen LogP contribution is -2.64. The maximum absolute atomic E-state index is 12.3. The molecule has 2 heterocycles.